The Morgan fingerprint density at radius 3 is 2.52 bits per heavy atom. The van der Waals surface area contributed by atoms with Crippen LogP contribution < -0.4 is 10.6 Å². The zero-order chi connectivity index (χ0) is 34.3. The molecule has 3 heterocycles. The molecule has 250 valence electrons. The van der Waals surface area contributed by atoms with Gasteiger partial charge in [0, 0.05) is 59.3 Å². The molecule has 1 aliphatic rings. The summed E-state index contributed by atoms with van der Waals surface area (Å²) in [4.78, 5) is 30.9. The standard InChI is InChI=1S/C36H35ClF2IN5O3/c1-19-15-28-34(42-20(2)44(28)3)32(37)31(19)24-7-6-14-45-29(18-27(40)35(24)45)36(47)21-16-25(38)33(26(39)17-21)43-30(46)8-5-13-41-22-9-11-23(48-4)12-10-22/h5-8,14-18,22-23,41H,9-13H2,1-4H3,(H,43,46)/b8-5+. The molecule has 8 nitrogen and oxygen atoms in total. The molecule has 1 aliphatic carbocycles. The first-order valence-corrected chi connectivity index (χ1v) is 17.1. The Hall–Kier alpha value is -3.65. The van der Waals surface area contributed by atoms with Gasteiger partial charge in [-0.05, 0) is 98.0 Å². The summed E-state index contributed by atoms with van der Waals surface area (Å²) in [7, 11) is 3.66. The second-order valence-electron chi connectivity index (χ2n) is 12.1. The number of aryl methyl sites for hydroxylation is 3. The number of benzene rings is 2. The van der Waals surface area contributed by atoms with Crippen LogP contribution in [0.15, 0.2) is 54.7 Å². The fraction of sp³-hybridized carbons (Fsp3) is 0.306. The van der Waals surface area contributed by atoms with Crippen molar-refractivity contribution in [2.45, 2.75) is 51.7 Å². The van der Waals surface area contributed by atoms with Gasteiger partial charge in [-0.3, -0.25) is 9.59 Å². The third-order valence-electron chi connectivity index (χ3n) is 9.14. The van der Waals surface area contributed by atoms with E-state index in [2.05, 4.69) is 38.2 Å². The quantitative estimate of drug-likeness (QED) is 0.0901. The molecule has 48 heavy (non-hydrogen) atoms. The van der Waals surface area contributed by atoms with Crippen LogP contribution in [0.2, 0.25) is 5.02 Å². The van der Waals surface area contributed by atoms with Crippen molar-refractivity contribution in [3.63, 3.8) is 0 Å². The molecular formula is C36H35ClF2IN5O3. The van der Waals surface area contributed by atoms with E-state index < -0.39 is 29.0 Å². The molecule has 0 aliphatic heterocycles. The maximum absolute atomic E-state index is 15.2. The predicted molar refractivity (Wildman–Crippen MR) is 193 cm³/mol. The molecule has 0 spiro atoms. The van der Waals surface area contributed by atoms with Crippen LogP contribution in [0, 0.1) is 29.1 Å². The Balaban J connectivity index is 1.22. The number of halogens is 4. The highest BCUT2D eigenvalue weighted by atomic mass is 127. The average molecular weight is 786 g/mol. The van der Waals surface area contributed by atoms with E-state index in [0.29, 0.717) is 29.2 Å². The third kappa shape index (κ3) is 6.52. The fourth-order valence-electron chi connectivity index (χ4n) is 6.48. The number of fused-ring (bicyclic) bond motifs is 2. The van der Waals surface area contributed by atoms with Crippen LogP contribution in [0.4, 0.5) is 14.5 Å². The maximum atomic E-state index is 15.2. The summed E-state index contributed by atoms with van der Waals surface area (Å²) in [5.41, 5.74) is 4.27. The predicted octanol–water partition coefficient (Wildman–Crippen LogP) is 7.92. The number of imidazole rings is 1. The summed E-state index contributed by atoms with van der Waals surface area (Å²) in [5, 5.41) is 6.14. The number of methoxy groups -OCH3 is 1. The number of hydrogen-bond acceptors (Lipinski definition) is 5. The fourth-order valence-corrected chi connectivity index (χ4v) is 7.72. The average Bonchev–Trinajstić information content (AvgIpc) is 3.56. The van der Waals surface area contributed by atoms with Gasteiger partial charge in [0.1, 0.15) is 28.7 Å². The number of nitrogens with zero attached hydrogens (tertiary/aromatic N) is 3. The van der Waals surface area contributed by atoms with Crippen molar-refractivity contribution in [1.82, 2.24) is 19.3 Å². The summed E-state index contributed by atoms with van der Waals surface area (Å²) in [6.07, 6.45) is 8.80. The number of rotatable bonds is 9. The van der Waals surface area contributed by atoms with Gasteiger partial charge in [0.25, 0.3) is 0 Å². The minimum absolute atomic E-state index is 0.188. The van der Waals surface area contributed by atoms with Gasteiger partial charge in [0.05, 0.1) is 27.9 Å². The van der Waals surface area contributed by atoms with Crippen molar-refractivity contribution < 1.29 is 23.1 Å². The number of nitrogens with one attached hydrogen (secondary N) is 2. The highest BCUT2D eigenvalue weighted by molar-refractivity contribution is 14.1. The molecule has 0 bridgehead atoms. The van der Waals surface area contributed by atoms with Crippen molar-refractivity contribution in [2.75, 3.05) is 19.0 Å². The van der Waals surface area contributed by atoms with Crippen LogP contribution in [-0.4, -0.2) is 51.4 Å². The Kier molecular flexibility index (Phi) is 10.0. The lowest BCUT2D eigenvalue weighted by Crippen LogP contribution is -2.35. The molecule has 6 rings (SSSR count). The molecule has 0 unspecified atom stereocenters. The highest BCUT2D eigenvalue weighted by Crippen LogP contribution is 2.41. The lowest BCUT2D eigenvalue weighted by Gasteiger charge is -2.27. The number of hydrogen-bond donors (Lipinski definition) is 2. The summed E-state index contributed by atoms with van der Waals surface area (Å²) >= 11 is 9.12. The largest absolute Gasteiger partial charge is 0.381 e. The van der Waals surface area contributed by atoms with Crippen molar-refractivity contribution in [2.24, 2.45) is 7.05 Å². The van der Waals surface area contributed by atoms with E-state index >= 15 is 8.78 Å². The molecule has 3 aromatic heterocycles. The molecule has 1 fully saturated rings. The lowest BCUT2D eigenvalue weighted by atomic mass is 9.93. The maximum Gasteiger partial charge on any atom is 0.248 e. The number of aromatic nitrogens is 3. The van der Waals surface area contributed by atoms with Gasteiger partial charge in [-0.15, -0.1) is 0 Å². The normalized spacial score (nSPS) is 16.8. The number of ether oxygens (including phenoxy) is 1. The monoisotopic (exact) mass is 785 g/mol. The van der Waals surface area contributed by atoms with E-state index in [1.165, 1.54) is 6.08 Å². The smallest absolute Gasteiger partial charge is 0.248 e. The van der Waals surface area contributed by atoms with Crippen LogP contribution >= 0.6 is 34.2 Å². The van der Waals surface area contributed by atoms with E-state index in [1.807, 2.05) is 37.6 Å². The van der Waals surface area contributed by atoms with Crippen molar-refractivity contribution in [3.8, 4) is 11.1 Å². The summed E-state index contributed by atoms with van der Waals surface area (Å²) < 4.78 is 40.2. The van der Waals surface area contributed by atoms with Crippen LogP contribution in [0.1, 0.15) is 53.1 Å². The van der Waals surface area contributed by atoms with Gasteiger partial charge < -0.3 is 24.3 Å². The zero-order valence-corrected chi connectivity index (χ0v) is 29.9. The Bertz CT molecular complexity index is 2080. The molecule has 2 N–H and O–H groups in total. The van der Waals surface area contributed by atoms with E-state index in [1.54, 1.807) is 35.9 Å². The molecule has 1 saturated carbocycles. The first kappa shape index (κ1) is 34.2. The molecule has 0 saturated heterocycles. The number of carbonyl (C=O) groups excluding carboxylic acids is 2. The van der Waals surface area contributed by atoms with E-state index in [0.717, 1.165) is 74.9 Å². The Morgan fingerprint density at radius 1 is 1.12 bits per heavy atom. The molecular weight excluding hydrogens is 751 g/mol. The molecule has 12 heteroatoms. The second kappa shape index (κ2) is 14.1. The van der Waals surface area contributed by atoms with Crippen molar-refractivity contribution in [3.05, 3.63) is 97.6 Å². The summed E-state index contributed by atoms with van der Waals surface area (Å²) in [6, 6.07) is 9.66. The summed E-state index contributed by atoms with van der Waals surface area (Å²) in [5.74, 6) is -2.53. The van der Waals surface area contributed by atoms with Crippen molar-refractivity contribution >= 4 is 68.1 Å². The van der Waals surface area contributed by atoms with Gasteiger partial charge in [0.2, 0.25) is 11.7 Å². The Morgan fingerprint density at radius 2 is 1.83 bits per heavy atom. The van der Waals surface area contributed by atoms with E-state index in [-0.39, 0.29) is 11.3 Å². The van der Waals surface area contributed by atoms with E-state index in [4.69, 9.17) is 16.3 Å². The number of pyridine rings is 1. The highest BCUT2D eigenvalue weighted by Gasteiger charge is 2.24. The van der Waals surface area contributed by atoms with Crippen LogP contribution in [0.25, 0.3) is 27.7 Å². The molecule has 1 amide bonds. The number of anilines is 1. The van der Waals surface area contributed by atoms with Crippen LogP contribution in [0.3, 0.4) is 0 Å². The van der Waals surface area contributed by atoms with Gasteiger partial charge in [-0.2, -0.15) is 0 Å². The summed E-state index contributed by atoms with van der Waals surface area (Å²) in [6.45, 7) is 4.34. The minimum atomic E-state index is -1.05. The Labute approximate surface area is 295 Å². The first-order chi connectivity index (χ1) is 23.0. The van der Waals surface area contributed by atoms with Gasteiger partial charge in [0.15, 0.2) is 0 Å². The first-order valence-electron chi connectivity index (χ1n) is 15.7. The molecule has 5 aromatic rings. The van der Waals surface area contributed by atoms with Gasteiger partial charge in [-0.1, -0.05) is 23.7 Å². The molecule has 0 atom stereocenters. The second-order valence-corrected chi connectivity index (χ2v) is 13.7. The molecule has 2 aromatic carbocycles. The van der Waals surface area contributed by atoms with Gasteiger partial charge >= 0.3 is 0 Å². The SMILES string of the molecule is COC1CCC(NC/C=C/C(=O)Nc2c(F)cc(C(=O)c3cc(I)c4c(-c5c(C)cc6c(nc(C)n6C)c5Cl)cccn34)cc2F)CC1. The minimum Gasteiger partial charge on any atom is -0.381 e. The number of carbonyl (C=O) groups is 2. The number of ketones is 1. The number of amides is 1. The lowest BCUT2D eigenvalue weighted by molar-refractivity contribution is -0.112. The van der Waals surface area contributed by atoms with Crippen molar-refractivity contribution in [1.29, 1.82) is 0 Å². The zero-order valence-electron chi connectivity index (χ0n) is 27.0. The molecule has 0 radical (unpaired) electrons. The van der Waals surface area contributed by atoms with Crippen LogP contribution in [-0.2, 0) is 16.6 Å². The van der Waals surface area contributed by atoms with E-state index in [9.17, 15) is 9.59 Å². The van der Waals surface area contributed by atoms with Gasteiger partial charge in [-0.25, -0.2) is 13.8 Å². The third-order valence-corrected chi connectivity index (χ3v) is 10.3. The topological polar surface area (TPSA) is 89.7 Å². The van der Waals surface area contributed by atoms with Crippen LogP contribution in [0.5, 0.6) is 0 Å².